The lowest BCUT2D eigenvalue weighted by Crippen LogP contribution is -2.47. The van der Waals surface area contributed by atoms with Gasteiger partial charge in [0, 0.05) is 55.3 Å². The lowest BCUT2D eigenvalue weighted by molar-refractivity contribution is 0.640. The van der Waals surface area contributed by atoms with E-state index < -0.39 is 0 Å². The molecule has 122 valence electrons. The first-order valence-electron chi connectivity index (χ1n) is 7.73. The van der Waals surface area contributed by atoms with Gasteiger partial charge in [-0.25, -0.2) is 19.6 Å². The van der Waals surface area contributed by atoms with Crippen LogP contribution in [0.2, 0.25) is 0 Å². The van der Waals surface area contributed by atoms with Crippen molar-refractivity contribution in [2.75, 3.05) is 36.0 Å². The molecule has 4 rings (SSSR count). The smallest absolute Gasteiger partial charge is 0.158 e. The number of piperazine rings is 1. The maximum atomic E-state index is 4.47. The van der Waals surface area contributed by atoms with Crippen molar-refractivity contribution < 1.29 is 0 Å². The number of aromatic nitrogens is 5. The Morgan fingerprint density at radius 2 is 1.62 bits per heavy atom. The van der Waals surface area contributed by atoms with E-state index in [-0.39, 0.29) is 0 Å². The fraction of sp³-hybridized carbons (Fsp3) is 0.250. The van der Waals surface area contributed by atoms with Crippen molar-refractivity contribution in [2.45, 2.75) is 0 Å². The quantitative estimate of drug-likeness (QED) is 0.688. The number of anilines is 2. The number of halogens is 1. The van der Waals surface area contributed by atoms with E-state index in [1.807, 2.05) is 36.7 Å². The summed E-state index contributed by atoms with van der Waals surface area (Å²) in [6.07, 6.45) is 7.05. The minimum absolute atomic E-state index is 0.780. The number of rotatable bonds is 3. The van der Waals surface area contributed by atoms with Crippen LogP contribution in [0.25, 0.3) is 5.82 Å². The highest BCUT2D eigenvalue weighted by atomic mass is 79.9. The van der Waals surface area contributed by atoms with Gasteiger partial charge in [-0.05, 0) is 34.1 Å². The van der Waals surface area contributed by atoms with Crippen molar-refractivity contribution >= 4 is 27.6 Å². The lowest BCUT2D eigenvalue weighted by atomic mass is 10.3. The van der Waals surface area contributed by atoms with E-state index in [1.54, 1.807) is 17.2 Å². The molecule has 0 saturated carbocycles. The number of pyridine rings is 1. The minimum Gasteiger partial charge on any atom is -0.353 e. The topological polar surface area (TPSA) is 63.0 Å². The molecule has 1 fully saturated rings. The van der Waals surface area contributed by atoms with Crippen molar-refractivity contribution in [3.8, 4) is 5.82 Å². The van der Waals surface area contributed by atoms with E-state index in [0.717, 1.165) is 48.1 Å². The summed E-state index contributed by atoms with van der Waals surface area (Å²) < 4.78 is 2.74. The highest BCUT2D eigenvalue weighted by Crippen LogP contribution is 2.19. The Kier molecular flexibility index (Phi) is 4.12. The van der Waals surface area contributed by atoms with Crippen LogP contribution in [0.1, 0.15) is 0 Å². The molecule has 0 aliphatic carbocycles. The molecule has 1 aliphatic rings. The van der Waals surface area contributed by atoms with Crippen molar-refractivity contribution in [2.24, 2.45) is 0 Å². The summed E-state index contributed by atoms with van der Waals surface area (Å²) in [5.74, 6) is 2.72. The van der Waals surface area contributed by atoms with E-state index in [4.69, 9.17) is 0 Å². The standard InChI is InChI=1S/C16H16BrN7/c17-13-2-3-14(18-11-13)22-6-8-23(9-7-22)15-10-16(20-12-19-15)24-5-1-4-21-24/h1-5,10-12H,6-9H2. The van der Waals surface area contributed by atoms with Gasteiger partial charge >= 0.3 is 0 Å². The van der Waals surface area contributed by atoms with Crippen molar-refractivity contribution in [3.05, 3.63) is 53.7 Å². The molecule has 3 aromatic heterocycles. The van der Waals surface area contributed by atoms with Gasteiger partial charge in [-0.15, -0.1) is 0 Å². The molecule has 7 nitrogen and oxygen atoms in total. The van der Waals surface area contributed by atoms with E-state index in [9.17, 15) is 0 Å². The van der Waals surface area contributed by atoms with Crippen molar-refractivity contribution in [3.63, 3.8) is 0 Å². The third-order valence-electron chi connectivity index (χ3n) is 4.02. The van der Waals surface area contributed by atoms with Gasteiger partial charge < -0.3 is 9.80 Å². The summed E-state index contributed by atoms with van der Waals surface area (Å²) in [4.78, 5) is 17.7. The SMILES string of the molecule is Brc1ccc(N2CCN(c3cc(-n4cccn4)ncn3)CC2)nc1. The Balaban J connectivity index is 1.46. The minimum atomic E-state index is 0.780. The molecule has 1 aliphatic heterocycles. The van der Waals surface area contributed by atoms with Crippen LogP contribution in [0.15, 0.2) is 53.7 Å². The second kappa shape index (κ2) is 6.56. The zero-order valence-electron chi connectivity index (χ0n) is 13.0. The van der Waals surface area contributed by atoms with E-state index in [1.165, 1.54) is 0 Å². The molecular weight excluding hydrogens is 370 g/mol. The summed E-state index contributed by atoms with van der Waals surface area (Å²) in [5.41, 5.74) is 0. The summed E-state index contributed by atoms with van der Waals surface area (Å²) in [6.45, 7) is 3.62. The van der Waals surface area contributed by atoms with Gasteiger partial charge in [0.2, 0.25) is 0 Å². The predicted octanol–water partition coefficient (Wildman–Crippen LogP) is 2.15. The zero-order valence-corrected chi connectivity index (χ0v) is 14.5. The lowest BCUT2D eigenvalue weighted by Gasteiger charge is -2.36. The molecule has 8 heteroatoms. The summed E-state index contributed by atoms with van der Waals surface area (Å²) in [6, 6.07) is 7.92. The predicted molar refractivity (Wildman–Crippen MR) is 95.5 cm³/mol. The summed E-state index contributed by atoms with van der Waals surface area (Å²) in [5, 5.41) is 4.22. The molecule has 0 N–H and O–H groups in total. The van der Waals surface area contributed by atoms with Gasteiger partial charge in [0.25, 0.3) is 0 Å². The Bertz CT molecular complexity index is 796. The summed E-state index contributed by atoms with van der Waals surface area (Å²) in [7, 11) is 0. The molecule has 0 unspecified atom stereocenters. The Morgan fingerprint density at radius 1 is 0.875 bits per heavy atom. The van der Waals surface area contributed by atoms with Crippen LogP contribution in [-0.4, -0.2) is 50.9 Å². The highest BCUT2D eigenvalue weighted by molar-refractivity contribution is 9.10. The molecule has 24 heavy (non-hydrogen) atoms. The maximum absolute atomic E-state index is 4.47. The number of nitrogens with zero attached hydrogens (tertiary/aromatic N) is 7. The molecule has 0 radical (unpaired) electrons. The van der Waals surface area contributed by atoms with Crippen LogP contribution in [0.4, 0.5) is 11.6 Å². The van der Waals surface area contributed by atoms with E-state index in [2.05, 4.69) is 45.8 Å². The summed E-state index contributed by atoms with van der Waals surface area (Å²) >= 11 is 3.42. The highest BCUT2D eigenvalue weighted by Gasteiger charge is 2.19. The third kappa shape index (κ3) is 3.09. The average Bonchev–Trinajstić information content (AvgIpc) is 3.17. The molecule has 3 aromatic rings. The normalized spacial score (nSPS) is 14.9. The van der Waals surface area contributed by atoms with Crippen molar-refractivity contribution in [1.29, 1.82) is 0 Å². The van der Waals surface area contributed by atoms with Gasteiger partial charge in [0.15, 0.2) is 5.82 Å². The monoisotopic (exact) mass is 385 g/mol. The van der Waals surface area contributed by atoms with Gasteiger partial charge in [0.05, 0.1) is 0 Å². The van der Waals surface area contributed by atoms with Crippen LogP contribution in [0.3, 0.4) is 0 Å². The first kappa shape index (κ1) is 15.1. The fourth-order valence-electron chi connectivity index (χ4n) is 2.76. The number of hydrogen-bond donors (Lipinski definition) is 0. The Morgan fingerprint density at radius 3 is 2.29 bits per heavy atom. The van der Waals surface area contributed by atoms with Crippen LogP contribution < -0.4 is 9.80 Å². The number of hydrogen-bond acceptors (Lipinski definition) is 6. The van der Waals surface area contributed by atoms with Crippen molar-refractivity contribution in [1.82, 2.24) is 24.7 Å². The molecule has 0 bridgehead atoms. The second-order valence-electron chi connectivity index (χ2n) is 5.49. The van der Waals surface area contributed by atoms with Gasteiger partial charge in [0.1, 0.15) is 18.0 Å². The molecule has 1 saturated heterocycles. The van der Waals surface area contributed by atoms with Gasteiger partial charge in [-0.2, -0.15) is 5.10 Å². The van der Waals surface area contributed by atoms with E-state index >= 15 is 0 Å². The second-order valence-corrected chi connectivity index (χ2v) is 6.41. The van der Waals surface area contributed by atoms with Gasteiger partial charge in [-0.3, -0.25) is 0 Å². The molecule has 4 heterocycles. The fourth-order valence-corrected chi connectivity index (χ4v) is 2.99. The molecular formula is C16H16BrN7. The van der Waals surface area contributed by atoms with Gasteiger partial charge in [-0.1, -0.05) is 0 Å². The zero-order chi connectivity index (χ0) is 16.4. The third-order valence-corrected chi connectivity index (χ3v) is 4.49. The van der Waals surface area contributed by atoms with Crippen LogP contribution >= 0.6 is 15.9 Å². The molecule has 0 atom stereocenters. The van der Waals surface area contributed by atoms with Crippen LogP contribution in [0.5, 0.6) is 0 Å². The Labute approximate surface area is 148 Å². The van der Waals surface area contributed by atoms with Crippen LogP contribution in [-0.2, 0) is 0 Å². The average molecular weight is 386 g/mol. The maximum Gasteiger partial charge on any atom is 0.158 e. The first-order valence-corrected chi connectivity index (χ1v) is 8.52. The van der Waals surface area contributed by atoms with Crippen LogP contribution in [0, 0.1) is 0 Å². The molecule has 0 aromatic carbocycles. The first-order chi connectivity index (χ1) is 11.8. The molecule has 0 amide bonds. The largest absolute Gasteiger partial charge is 0.353 e. The molecule has 0 spiro atoms. The Hall–Kier alpha value is -2.48. The van der Waals surface area contributed by atoms with E-state index in [0.29, 0.717) is 0 Å².